The number of halogens is 1. The summed E-state index contributed by atoms with van der Waals surface area (Å²) >= 11 is 6.09. The molecule has 0 bridgehead atoms. The number of amides is 4. The van der Waals surface area contributed by atoms with Crippen molar-refractivity contribution < 1.29 is 19.1 Å². The lowest BCUT2D eigenvalue weighted by Crippen LogP contribution is -2.54. The molecule has 1 aliphatic heterocycles. The van der Waals surface area contributed by atoms with Crippen molar-refractivity contribution in [2.24, 2.45) is 0 Å². The molecule has 26 heavy (non-hydrogen) atoms. The summed E-state index contributed by atoms with van der Waals surface area (Å²) < 4.78 is 5.08. The Balaban J connectivity index is 1.99. The smallest absolute Gasteiger partial charge is 0.335 e. The van der Waals surface area contributed by atoms with Crippen molar-refractivity contribution in [3.05, 3.63) is 64.2 Å². The molecule has 0 atom stereocenters. The number of urea groups is 1. The van der Waals surface area contributed by atoms with Crippen LogP contribution in [0.4, 0.5) is 10.5 Å². The van der Waals surface area contributed by atoms with Crippen molar-refractivity contribution in [1.82, 2.24) is 5.32 Å². The van der Waals surface area contributed by atoms with Crippen molar-refractivity contribution >= 4 is 41.2 Å². The van der Waals surface area contributed by atoms with Gasteiger partial charge >= 0.3 is 6.03 Å². The molecular formula is C19H15ClN2O4. The molecule has 3 rings (SSSR count). The molecule has 1 N–H and O–H groups in total. The summed E-state index contributed by atoms with van der Waals surface area (Å²) in [6.07, 6.45) is 1.42. The predicted molar refractivity (Wildman–Crippen MR) is 98.2 cm³/mol. The van der Waals surface area contributed by atoms with E-state index in [4.69, 9.17) is 16.3 Å². The predicted octanol–water partition coefficient (Wildman–Crippen LogP) is 3.32. The van der Waals surface area contributed by atoms with E-state index in [0.29, 0.717) is 16.3 Å². The van der Waals surface area contributed by atoms with Crippen LogP contribution in [0.1, 0.15) is 11.1 Å². The number of benzene rings is 2. The normalized spacial score (nSPS) is 16.0. The van der Waals surface area contributed by atoms with Crippen molar-refractivity contribution in [2.45, 2.75) is 6.92 Å². The number of ether oxygens (including phenoxy) is 1. The van der Waals surface area contributed by atoms with Crippen molar-refractivity contribution in [3.8, 4) is 5.75 Å². The molecular weight excluding hydrogens is 356 g/mol. The van der Waals surface area contributed by atoms with Crippen molar-refractivity contribution in [3.63, 3.8) is 0 Å². The fraction of sp³-hybridized carbons (Fsp3) is 0.105. The van der Waals surface area contributed by atoms with Gasteiger partial charge in [-0.2, -0.15) is 0 Å². The molecule has 2 aromatic rings. The van der Waals surface area contributed by atoms with E-state index >= 15 is 0 Å². The largest absolute Gasteiger partial charge is 0.497 e. The molecule has 1 heterocycles. The molecule has 0 unspecified atom stereocenters. The second-order valence-electron chi connectivity index (χ2n) is 5.66. The number of hydrogen-bond acceptors (Lipinski definition) is 4. The molecule has 0 aliphatic carbocycles. The lowest BCUT2D eigenvalue weighted by molar-refractivity contribution is -0.122. The van der Waals surface area contributed by atoms with E-state index in [-0.39, 0.29) is 11.3 Å². The zero-order valence-electron chi connectivity index (χ0n) is 14.1. The molecule has 6 nitrogen and oxygen atoms in total. The van der Waals surface area contributed by atoms with Crippen molar-refractivity contribution in [2.75, 3.05) is 12.0 Å². The summed E-state index contributed by atoms with van der Waals surface area (Å²) in [5, 5.41) is 2.59. The Morgan fingerprint density at radius 2 is 1.77 bits per heavy atom. The quantitative estimate of drug-likeness (QED) is 0.664. The van der Waals surface area contributed by atoms with Crippen LogP contribution >= 0.6 is 11.6 Å². The number of imide groups is 2. The third kappa shape index (κ3) is 3.32. The summed E-state index contributed by atoms with van der Waals surface area (Å²) in [6.45, 7) is 1.81. The summed E-state index contributed by atoms with van der Waals surface area (Å²) in [5.74, 6) is -0.808. The number of barbiturate groups is 1. The van der Waals surface area contributed by atoms with E-state index in [9.17, 15) is 14.4 Å². The van der Waals surface area contributed by atoms with E-state index < -0.39 is 17.8 Å². The maximum absolute atomic E-state index is 12.8. The van der Waals surface area contributed by atoms with E-state index in [1.165, 1.54) is 12.1 Å². The molecule has 4 amide bonds. The second kappa shape index (κ2) is 7.01. The van der Waals surface area contributed by atoms with Gasteiger partial charge < -0.3 is 4.74 Å². The Bertz CT molecular complexity index is 935. The average molecular weight is 371 g/mol. The number of anilines is 1. The first-order valence-electron chi connectivity index (χ1n) is 7.72. The number of carbonyl (C=O) groups excluding carboxylic acids is 3. The minimum absolute atomic E-state index is 0.147. The molecule has 2 aromatic carbocycles. The van der Waals surface area contributed by atoms with Crippen LogP contribution in [-0.2, 0) is 9.59 Å². The van der Waals surface area contributed by atoms with Gasteiger partial charge in [0.05, 0.1) is 12.8 Å². The molecule has 7 heteroatoms. The molecule has 1 fully saturated rings. The zero-order chi connectivity index (χ0) is 18.8. The topological polar surface area (TPSA) is 75.7 Å². The van der Waals surface area contributed by atoms with Gasteiger partial charge in [0, 0.05) is 5.02 Å². The summed E-state index contributed by atoms with van der Waals surface area (Å²) in [7, 11) is 1.54. The first kappa shape index (κ1) is 17.7. The number of rotatable bonds is 3. The average Bonchev–Trinajstić information content (AvgIpc) is 2.62. The Labute approximate surface area is 155 Å². The van der Waals surface area contributed by atoms with Gasteiger partial charge in [0.2, 0.25) is 0 Å². The highest BCUT2D eigenvalue weighted by molar-refractivity contribution is 6.39. The van der Waals surface area contributed by atoms with E-state index in [1.807, 2.05) is 6.92 Å². The van der Waals surface area contributed by atoms with Gasteiger partial charge in [-0.1, -0.05) is 29.8 Å². The molecule has 0 spiro atoms. The van der Waals surface area contributed by atoms with Crippen LogP contribution < -0.4 is 15.0 Å². The van der Waals surface area contributed by atoms with Gasteiger partial charge in [-0.05, 0) is 48.4 Å². The first-order chi connectivity index (χ1) is 12.4. The maximum atomic E-state index is 12.8. The van der Waals surface area contributed by atoms with Gasteiger partial charge in [-0.15, -0.1) is 0 Å². The van der Waals surface area contributed by atoms with Crippen LogP contribution in [0.2, 0.25) is 5.02 Å². The van der Waals surface area contributed by atoms with E-state index in [2.05, 4.69) is 5.32 Å². The lowest BCUT2D eigenvalue weighted by atomic mass is 10.1. The fourth-order valence-corrected chi connectivity index (χ4v) is 2.65. The highest BCUT2D eigenvalue weighted by Crippen LogP contribution is 2.26. The number of nitrogens with zero attached hydrogens (tertiary/aromatic N) is 1. The zero-order valence-corrected chi connectivity index (χ0v) is 14.8. The molecule has 132 valence electrons. The number of carbonyl (C=O) groups is 3. The van der Waals surface area contributed by atoms with Gasteiger partial charge in [0.1, 0.15) is 11.3 Å². The molecule has 0 radical (unpaired) electrons. The van der Waals surface area contributed by atoms with Gasteiger partial charge in [-0.3, -0.25) is 14.9 Å². The second-order valence-corrected chi connectivity index (χ2v) is 6.07. The Kier molecular flexibility index (Phi) is 4.77. The third-order valence-corrected chi connectivity index (χ3v) is 4.35. The Morgan fingerprint density at radius 3 is 2.38 bits per heavy atom. The number of nitrogens with one attached hydrogen (secondary N) is 1. The van der Waals surface area contributed by atoms with Crippen LogP contribution in [0.3, 0.4) is 0 Å². The van der Waals surface area contributed by atoms with Gasteiger partial charge in [-0.25, -0.2) is 9.69 Å². The number of hydrogen-bond donors (Lipinski definition) is 1. The minimum Gasteiger partial charge on any atom is -0.497 e. The van der Waals surface area contributed by atoms with Crippen molar-refractivity contribution in [1.29, 1.82) is 0 Å². The van der Waals surface area contributed by atoms with E-state index in [0.717, 1.165) is 10.5 Å². The molecule has 0 aromatic heterocycles. The van der Waals surface area contributed by atoms with Crippen LogP contribution in [0, 0.1) is 6.92 Å². The van der Waals surface area contributed by atoms with E-state index in [1.54, 1.807) is 43.5 Å². The highest BCUT2D eigenvalue weighted by Gasteiger charge is 2.36. The molecule has 1 saturated heterocycles. The molecule has 1 aliphatic rings. The van der Waals surface area contributed by atoms with Gasteiger partial charge in [0.25, 0.3) is 11.8 Å². The lowest BCUT2D eigenvalue weighted by Gasteiger charge is -2.26. The van der Waals surface area contributed by atoms with Crippen LogP contribution in [-0.4, -0.2) is 25.0 Å². The first-order valence-corrected chi connectivity index (χ1v) is 8.10. The van der Waals surface area contributed by atoms with Crippen LogP contribution in [0.25, 0.3) is 6.08 Å². The summed E-state index contributed by atoms with van der Waals surface area (Å²) in [5.41, 5.74) is 1.58. The molecule has 0 saturated carbocycles. The number of methoxy groups -OCH3 is 1. The highest BCUT2D eigenvalue weighted by atomic mass is 35.5. The SMILES string of the molecule is COc1ccc(/C=C2/C(=O)NC(=O)N(c3ccc(C)c(Cl)c3)C2=O)cc1. The van der Waals surface area contributed by atoms with Crippen LogP contribution in [0.5, 0.6) is 5.75 Å². The summed E-state index contributed by atoms with van der Waals surface area (Å²) in [6, 6.07) is 10.8. The van der Waals surface area contributed by atoms with Gasteiger partial charge in [0.15, 0.2) is 0 Å². The monoisotopic (exact) mass is 370 g/mol. The number of aryl methyl sites for hydroxylation is 1. The summed E-state index contributed by atoms with van der Waals surface area (Å²) in [4.78, 5) is 38.0. The standard InChI is InChI=1S/C19H15ClN2O4/c1-11-3-6-13(10-16(11)20)22-18(24)15(17(23)21-19(22)25)9-12-4-7-14(26-2)8-5-12/h3-10H,1-2H3,(H,21,23,25)/b15-9-. The van der Waals surface area contributed by atoms with Crippen LogP contribution in [0.15, 0.2) is 48.0 Å². The Hall–Kier alpha value is -3.12. The fourth-order valence-electron chi connectivity index (χ4n) is 2.48. The Morgan fingerprint density at radius 1 is 1.08 bits per heavy atom. The third-order valence-electron chi connectivity index (χ3n) is 3.94. The minimum atomic E-state index is -0.813. The maximum Gasteiger partial charge on any atom is 0.335 e.